The zero-order chi connectivity index (χ0) is 49.5. The van der Waals surface area contributed by atoms with Crippen LogP contribution in [-0.4, -0.2) is 99.0 Å². The number of alkyl carbamates (subject to hydrolysis) is 1. The van der Waals surface area contributed by atoms with Gasteiger partial charge in [0.1, 0.15) is 22.5 Å². The number of benzene rings is 3. The number of carbonyl (C=O) groups excluding carboxylic acids is 5. The van der Waals surface area contributed by atoms with Gasteiger partial charge >= 0.3 is 17.7 Å². The third-order valence-corrected chi connectivity index (χ3v) is 9.42. The molecule has 25 heteroatoms. The molecule has 0 saturated heterocycles. The van der Waals surface area contributed by atoms with Crippen molar-refractivity contribution < 1.29 is 66.1 Å². The van der Waals surface area contributed by atoms with Gasteiger partial charge in [-0.2, -0.15) is 0 Å². The molecule has 0 aliphatic heterocycles. The maximum Gasteiger partial charge on any atom is 0.407 e. The molecule has 3 N–H and O–H groups in total. The number of nitrogens with zero attached hydrogens (tertiary/aromatic N) is 9. The highest BCUT2D eigenvalue weighted by molar-refractivity contribution is 6.09. The van der Waals surface area contributed by atoms with Crippen LogP contribution < -0.4 is 5.32 Å². The topological polar surface area (TPSA) is 303 Å². The standard InChI is InChI=1S/C41H46F4N10O11/c1-40(2,65-29(58)11-9-17-49-51-46)21-54(38(61)30-31(42)33(44)35(50-52-47)34(45)32(30)43)22-41(3,4)66-39(62)48-16-8-6-7-10-28(57)53(5)20-23-12-14-24(15-13-23)36(59)25-18-26(55(63)64)37(60)27(56)19-25/h12-15,18-19,56,60H,6-11,16-17,20-22H2,1-5H3,(H,48,62). The summed E-state index contributed by atoms with van der Waals surface area (Å²) in [4.78, 5) is 81.8. The molecule has 0 unspecified atom stereocenters. The molecule has 3 aromatic rings. The Labute approximate surface area is 373 Å². The van der Waals surface area contributed by atoms with E-state index in [-0.39, 0.29) is 55.9 Å². The first kappa shape index (κ1) is 52.7. The fourth-order valence-corrected chi connectivity index (χ4v) is 6.39. The molecule has 0 aliphatic carbocycles. The largest absolute Gasteiger partial charge is 0.504 e. The van der Waals surface area contributed by atoms with Gasteiger partial charge in [0, 0.05) is 66.5 Å². The Hall–Kier alpha value is -7.65. The average Bonchev–Trinajstić information content (AvgIpc) is 3.24. The second kappa shape index (κ2) is 23.3. The Morgan fingerprint density at radius 1 is 0.833 bits per heavy atom. The Kier molecular flexibility index (Phi) is 18.6. The predicted octanol–water partition coefficient (Wildman–Crippen LogP) is 8.31. The van der Waals surface area contributed by atoms with E-state index in [1.807, 2.05) is 0 Å². The molecular formula is C41H46F4N10O11. The first-order valence-electron chi connectivity index (χ1n) is 19.9. The molecule has 3 amide bonds. The minimum Gasteiger partial charge on any atom is -0.504 e. The number of nitro benzene ring substituents is 1. The number of rotatable bonds is 23. The molecule has 3 aromatic carbocycles. The fraction of sp³-hybridized carbons (Fsp3) is 0.439. The molecule has 0 atom stereocenters. The molecule has 3 rings (SSSR count). The number of nitrogens with one attached hydrogen (secondary N) is 1. The number of nitro groups is 1. The van der Waals surface area contributed by atoms with Crippen molar-refractivity contribution in [2.75, 3.05) is 33.2 Å². The summed E-state index contributed by atoms with van der Waals surface area (Å²) in [5, 5.41) is 39.1. The smallest absolute Gasteiger partial charge is 0.407 e. The van der Waals surface area contributed by atoms with Crippen LogP contribution in [0.5, 0.6) is 11.5 Å². The lowest BCUT2D eigenvalue weighted by Gasteiger charge is -2.37. The van der Waals surface area contributed by atoms with Crippen LogP contribution in [0.25, 0.3) is 20.9 Å². The van der Waals surface area contributed by atoms with Crippen LogP contribution in [-0.2, 0) is 25.6 Å². The van der Waals surface area contributed by atoms with Crippen molar-refractivity contribution in [3.05, 3.63) is 113 Å². The number of esters is 1. The maximum absolute atomic E-state index is 15.2. The van der Waals surface area contributed by atoms with Crippen LogP contribution in [0.3, 0.4) is 0 Å². The molecule has 0 bridgehead atoms. The van der Waals surface area contributed by atoms with Gasteiger partial charge in [0.15, 0.2) is 34.8 Å². The number of phenols is 2. The highest BCUT2D eigenvalue weighted by atomic mass is 19.2. The van der Waals surface area contributed by atoms with Gasteiger partial charge in [-0.1, -0.05) is 40.9 Å². The second-order valence-corrected chi connectivity index (χ2v) is 15.9. The SMILES string of the molecule is CN(Cc1ccc(C(=O)c2cc(O)c(O)c([N+](=O)[O-])c2)cc1)C(=O)CCCCCNC(=O)OC(C)(C)CN(CC(C)(C)OC(=O)CCCN=[N+]=[N-])C(=O)c1c(F)c(F)c(N=[N+]=[N-])c(F)c1F. The summed E-state index contributed by atoms with van der Waals surface area (Å²) in [5.74, 6) is -13.8. The average molecular weight is 931 g/mol. The quantitative estimate of drug-likeness (QED) is 0.00694. The molecule has 0 aliphatic rings. The van der Waals surface area contributed by atoms with Gasteiger partial charge < -0.3 is 34.8 Å². The van der Waals surface area contributed by atoms with Gasteiger partial charge in [0.2, 0.25) is 11.7 Å². The minimum atomic E-state index is -2.18. The van der Waals surface area contributed by atoms with E-state index in [9.17, 15) is 53.1 Å². The third-order valence-electron chi connectivity index (χ3n) is 9.42. The van der Waals surface area contributed by atoms with Gasteiger partial charge in [-0.05, 0) is 69.6 Å². The molecule has 0 fully saturated rings. The van der Waals surface area contributed by atoms with E-state index in [1.54, 1.807) is 19.2 Å². The van der Waals surface area contributed by atoms with Crippen molar-refractivity contribution in [1.29, 1.82) is 0 Å². The van der Waals surface area contributed by atoms with Crippen LogP contribution in [0.4, 0.5) is 33.7 Å². The Morgan fingerprint density at radius 3 is 2.02 bits per heavy atom. The summed E-state index contributed by atoms with van der Waals surface area (Å²) in [6.07, 6.45) is 0.323. The van der Waals surface area contributed by atoms with Gasteiger partial charge in [-0.25, -0.2) is 22.4 Å². The predicted molar refractivity (Wildman–Crippen MR) is 224 cm³/mol. The van der Waals surface area contributed by atoms with E-state index in [2.05, 4.69) is 25.4 Å². The van der Waals surface area contributed by atoms with Crippen LogP contribution in [0, 0.1) is 33.4 Å². The van der Waals surface area contributed by atoms with Gasteiger partial charge in [0.25, 0.3) is 5.91 Å². The molecule has 21 nitrogen and oxygen atoms in total. The summed E-state index contributed by atoms with van der Waals surface area (Å²) < 4.78 is 70.7. The first-order chi connectivity index (χ1) is 30.9. The van der Waals surface area contributed by atoms with Crippen LogP contribution in [0.15, 0.2) is 46.6 Å². The highest BCUT2D eigenvalue weighted by Crippen LogP contribution is 2.37. The van der Waals surface area contributed by atoms with E-state index in [0.717, 1.165) is 12.1 Å². The van der Waals surface area contributed by atoms with E-state index < -0.39 is 105 Å². The molecule has 0 spiro atoms. The Morgan fingerprint density at radius 2 is 1.44 bits per heavy atom. The fourth-order valence-electron chi connectivity index (χ4n) is 6.39. The third kappa shape index (κ3) is 14.7. The summed E-state index contributed by atoms with van der Waals surface area (Å²) in [6.45, 7) is 4.16. The van der Waals surface area contributed by atoms with Crippen molar-refractivity contribution in [3.8, 4) is 11.5 Å². The number of halogens is 4. The number of azide groups is 2. The highest BCUT2D eigenvalue weighted by Gasteiger charge is 2.38. The maximum atomic E-state index is 15.2. The lowest BCUT2D eigenvalue weighted by atomic mass is 10.0. The van der Waals surface area contributed by atoms with E-state index in [0.29, 0.717) is 29.7 Å². The molecular weight excluding hydrogens is 885 g/mol. The summed E-state index contributed by atoms with van der Waals surface area (Å²) >= 11 is 0. The molecule has 0 heterocycles. The van der Waals surface area contributed by atoms with Crippen molar-refractivity contribution >= 4 is 41.0 Å². The van der Waals surface area contributed by atoms with Crippen molar-refractivity contribution in [2.45, 2.75) is 84.0 Å². The normalized spacial score (nSPS) is 11.1. The summed E-state index contributed by atoms with van der Waals surface area (Å²) in [6, 6.07) is 7.82. The minimum absolute atomic E-state index is 0.0328. The number of hydrogen-bond acceptors (Lipinski definition) is 13. The molecule has 354 valence electrons. The number of hydrogen-bond donors (Lipinski definition) is 3. The van der Waals surface area contributed by atoms with Gasteiger partial charge in [-0.15, -0.1) is 0 Å². The second-order valence-electron chi connectivity index (χ2n) is 15.9. The lowest BCUT2D eigenvalue weighted by Crippen LogP contribution is -2.52. The number of ether oxygens (including phenoxy) is 2. The van der Waals surface area contributed by atoms with E-state index in [4.69, 9.17) is 20.5 Å². The van der Waals surface area contributed by atoms with Crippen LogP contribution in [0.1, 0.15) is 98.1 Å². The molecule has 0 radical (unpaired) electrons. The van der Waals surface area contributed by atoms with E-state index in [1.165, 1.54) is 44.7 Å². The zero-order valence-electron chi connectivity index (χ0n) is 36.3. The summed E-state index contributed by atoms with van der Waals surface area (Å²) in [5.41, 5.74) is 10.1. The van der Waals surface area contributed by atoms with Gasteiger partial charge in [0.05, 0.1) is 18.0 Å². The van der Waals surface area contributed by atoms with Crippen molar-refractivity contribution in [3.63, 3.8) is 0 Å². The number of phenolic OH excluding ortho intramolecular Hbond substituents is 2. The molecule has 0 saturated carbocycles. The number of carbonyl (C=O) groups is 5. The monoisotopic (exact) mass is 930 g/mol. The number of ketones is 1. The number of aromatic hydroxyl groups is 2. The number of amides is 3. The number of unbranched alkanes of at least 4 members (excludes halogenated alkanes) is 2. The first-order valence-corrected chi connectivity index (χ1v) is 19.9. The summed E-state index contributed by atoms with van der Waals surface area (Å²) in [7, 11) is 1.57. The van der Waals surface area contributed by atoms with Crippen LogP contribution in [0.2, 0.25) is 0 Å². The zero-order valence-corrected chi connectivity index (χ0v) is 36.3. The van der Waals surface area contributed by atoms with Crippen molar-refractivity contribution in [2.24, 2.45) is 10.2 Å². The van der Waals surface area contributed by atoms with Crippen molar-refractivity contribution in [1.82, 2.24) is 15.1 Å². The Balaban J connectivity index is 1.57. The van der Waals surface area contributed by atoms with E-state index >= 15 is 8.78 Å². The van der Waals surface area contributed by atoms with Gasteiger partial charge in [-0.3, -0.25) is 29.3 Å². The Bertz CT molecular complexity index is 2410. The lowest BCUT2D eigenvalue weighted by molar-refractivity contribution is -0.386. The molecule has 66 heavy (non-hydrogen) atoms. The molecule has 0 aromatic heterocycles. The van der Waals surface area contributed by atoms with Crippen LogP contribution >= 0.6 is 0 Å².